The molecule has 0 aliphatic carbocycles. The summed E-state index contributed by atoms with van der Waals surface area (Å²) >= 11 is 0. The summed E-state index contributed by atoms with van der Waals surface area (Å²) in [5, 5.41) is 0. The first-order chi connectivity index (χ1) is 12.5. The quantitative estimate of drug-likeness (QED) is 0.821. The third-order valence-corrected chi connectivity index (χ3v) is 6.68. The molecule has 6 nitrogen and oxygen atoms in total. The van der Waals surface area contributed by atoms with Gasteiger partial charge in [-0.3, -0.25) is 0 Å². The van der Waals surface area contributed by atoms with Crippen LogP contribution in [0.5, 0.6) is 11.5 Å². The molecule has 0 N–H and O–H groups in total. The summed E-state index contributed by atoms with van der Waals surface area (Å²) in [5.74, 6) is 1.04. The summed E-state index contributed by atoms with van der Waals surface area (Å²) in [6, 6.07) is 14.5. The Balaban J connectivity index is 1.56. The van der Waals surface area contributed by atoms with E-state index in [9.17, 15) is 8.42 Å². The molecule has 2 unspecified atom stereocenters. The predicted octanol–water partition coefficient (Wildman–Crippen LogP) is 2.44. The van der Waals surface area contributed by atoms with Gasteiger partial charge in [0.2, 0.25) is 16.8 Å². The summed E-state index contributed by atoms with van der Waals surface area (Å²) < 4.78 is 44.3. The topological polar surface area (TPSA) is 65.1 Å². The van der Waals surface area contributed by atoms with Crippen molar-refractivity contribution in [3.8, 4) is 11.5 Å². The number of hydrogen-bond donors (Lipinski definition) is 0. The van der Waals surface area contributed by atoms with Gasteiger partial charge in [0.05, 0.1) is 17.6 Å². The van der Waals surface area contributed by atoms with Gasteiger partial charge in [-0.25, -0.2) is 8.42 Å². The zero-order valence-electron chi connectivity index (χ0n) is 14.5. The van der Waals surface area contributed by atoms with Crippen molar-refractivity contribution in [1.29, 1.82) is 0 Å². The molecule has 0 saturated carbocycles. The summed E-state index contributed by atoms with van der Waals surface area (Å²) in [6.07, 6.45) is 0.512. The predicted molar refractivity (Wildman–Crippen MR) is 95.8 cm³/mol. The van der Waals surface area contributed by atoms with Crippen LogP contribution in [0.15, 0.2) is 53.4 Å². The summed E-state index contributed by atoms with van der Waals surface area (Å²) in [7, 11) is -3.64. The van der Waals surface area contributed by atoms with Gasteiger partial charge in [0.25, 0.3) is 0 Å². The highest BCUT2D eigenvalue weighted by atomic mass is 32.2. The standard InChI is InChI=1S/C19H21NO5S/c1-14-12-23-16(9-15-5-3-2-4-6-15)11-20(14)26(21,22)17-7-8-18-19(10-17)25-13-24-18/h2-8,10,14,16H,9,11-13H2,1H3. The molecule has 26 heavy (non-hydrogen) atoms. The van der Waals surface area contributed by atoms with Gasteiger partial charge in [-0.05, 0) is 31.0 Å². The largest absolute Gasteiger partial charge is 0.454 e. The van der Waals surface area contributed by atoms with Crippen LogP contribution in [0.1, 0.15) is 12.5 Å². The van der Waals surface area contributed by atoms with Crippen LogP contribution in [0.2, 0.25) is 0 Å². The maximum atomic E-state index is 13.2. The van der Waals surface area contributed by atoms with Gasteiger partial charge in [-0.1, -0.05) is 30.3 Å². The van der Waals surface area contributed by atoms with Crippen molar-refractivity contribution in [1.82, 2.24) is 4.31 Å². The Morgan fingerprint density at radius 1 is 1.08 bits per heavy atom. The molecule has 2 heterocycles. The molecular formula is C19H21NO5S. The number of ether oxygens (including phenoxy) is 3. The minimum absolute atomic E-state index is 0.117. The molecule has 7 heteroatoms. The molecule has 138 valence electrons. The minimum atomic E-state index is -3.64. The maximum absolute atomic E-state index is 13.2. The zero-order chi connectivity index (χ0) is 18.1. The van der Waals surface area contributed by atoms with Crippen molar-refractivity contribution in [3.63, 3.8) is 0 Å². The van der Waals surface area contributed by atoms with E-state index in [4.69, 9.17) is 14.2 Å². The van der Waals surface area contributed by atoms with Gasteiger partial charge >= 0.3 is 0 Å². The lowest BCUT2D eigenvalue weighted by Crippen LogP contribution is -2.51. The Labute approximate surface area is 153 Å². The van der Waals surface area contributed by atoms with Crippen LogP contribution < -0.4 is 9.47 Å². The van der Waals surface area contributed by atoms with E-state index in [1.165, 1.54) is 10.4 Å². The van der Waals surface area contributed by atoms with E-state index in [0.29, 0.717) is 31.1 Å². The van der Waals surface area contributed by atoms with Gasteiger partial charge in [0.15, 0.2) is 11.5 Å². The smallest absolute Gasteiger partial charge is 0.243 e. The highest BCUT2D eigenvalue weighted by Gasteiger charge is 2.36. The molecule has 2 aliphatic rings. The molecule has 2 aliphatic heterocycles. The van der Waals surface area contributed by atoms with E-state index >= 15 is 0 Å². The summed E-state index contributed by atoms with van der Waals surface area (Å²) in [4.78, 5) is 0.217. The van der Waals surface area contributed by atoms with Gasteiger partial charge in [0, 0.05) is 18.7 Å². The SMILES string of the molecule is CC1COC(Cc2ccccc2)CN1S(=O)(=O)c1ccc2c(c1)OCO2. The van der Waals surface area contributed by atoms with Crippen LogP contribution in [-0.4, -0.2) is 44.8 Å². The molecule has 0 aromatic heterocycles. The van der Waals surface area contributed by atoms with E-state index < -0.39 is 10.0 Å². The van der Waals surface area contributed by atoms with Crippen molar-refractivity contribution in [2.45, 2.75) is 30.4 Å². The van der Waals surface area contributed by atoms with Crippen molar-refractivity contribution >= 4 is 10.0 Å². The molecule has 0 amide bonds. The Morgan fingerprint density at radius 3 is 2.65 bits per heavy atom. The molecule has 0 bridgehead atoms. The molecule has 0 radical (unpaired) electrons. The Morgan fingerprint density at radius 2 is 1.85 bits per heavy atom. The fourth-order valence-electron chi connectivity index (χ4n) is 3.30. The number of morpholine rings is 1. The molecule has 4 rings (SSSR count). The Kier molecular flexibility index (Phi) is 4.60. The number of sulfonamides is 1. The average Bonchev–Trinajstić information content (AvgIpc) is 3.12. The number of fused-ring (bicyclic) bond motifs is 1. The molecule has 2 aromatic carbocycles. The average molecular weight is 375 g/mol. The van der Waals surface area contributed by atoms with Gasteiger partial charge in [-0.2, -0.15) is 4.31 Å². The monoisotopic (exact) mass is 375 g/mol. The van der Waals surface area contributed by atoms with Crippen molar-refractivity contribution in [2.75, 3.05) is 19.9 Å². The first-order valence-electron chi connectivity index (χ1n) is 8.61. The molecule has 1 fully saturated rings. The van der Waals surface area contributed by atoms with Gasteiger partial charge < -0.3 is 14.2 Å². The number of hydrogen-bond acceptors (Lipinski definition) is 5. The highest BCUT2D eigenvalue weighted by Crippen LogP contribution is 2.35. The molecule has 2 aromatic rings. The van der Waals surface area contributed by atoms with Crippen LogP contribution in [0.3, 0.4) is 0 Å². The third kappa shape index (κ3) is 3.30. The third-order valence-electron chi connectivity index (χ3n) is 4.71. The number of benzene rings is 2. The molecule has 1 saturated heterocycles. The lowest BCUT2D eigenvalue weighted by molar-refractivity contribution is -0.0265. The molecular weight excluding hydrogens is 354 g/mol. The van der Waals surface area contributed by atoms with Crippen LogP contribution >= 0.6 is 0 Å². The highest BCUT2D eigenvalue weighted by molar-refractivity contribution is 7.89. The fraction of sp³-hybridized carbons (Fsp3) is 0.368. The van der Waals surface area contributed by atoms with Gasteiger partial charge in [0.1, 0.15) is 0 Å². The van der Waals surface area contributed by atoms with E-state index in [1.807, 2.05) is 37.3 Å². The first-order valence-corrected chi connectivity index (χ1v) is 10.0. The normalized spacial score (nSPS) is 23.1. The number of nitrogens with zero attached hydrogens (tertiary/aromatic N) is 1. The maximum Gasteiger partial charge on any atom is 0.243 e. The second kappa shape index (κ2) is 6.90. The van der Waals surface area contributed by atoms with Crippen molar-refractivity contribution < 1.29 is 22.6 Å². The lowest BCUT2D eigenvalue weighted by Gasteiger charge is -2.37. The Hall–Kier alpha value is -2.09. The van der Waals surface area contributed by atoms with E-state index in [0.717, 1.165) is 5.56 Å². The van der Waals surface area contributed by atoms with Crippen molar-refractivity contribution in [2.24, 2.45) is 0 Å². The van der Waals surface area contributed by atoms with E-state index in [1.54, 1.807) is 12.1 Å². The second-order valence-electron chi connectivity index (χ2n) is 6.58. The summed E-state index contributed by atoms with van der Waals surface area (Å²) in [5.41, 5.74) is 1.13. The second-order valence-corrected chi connectivity index (χ2v) is 8.47. The summed E-state index contributed by atoms with van der Waals surface area (Å²) in [6.45, 7) is 2.68. The minimum Gasteiger partial charge on any atom is -0.454 e. The number of rotatable bonds is 4. The zero-order valence-corrected chi connectivity index (χ0v) is 15.3. The van der Waals surface area contributed by atoms with E-state index in [-0.39, 0.29) is 23.8 Å². The van der Waals surface area contributed by atoms with Crippen LogP contribution in [0.25, 0.3) is 0 Å². The lowest BCUT2D eigenvalue weighted by atomic mass is 10.1. The van der Waals surface area contributed by atoms with Crippen molar-refractivity contribution in [3.05, 3.63) is 54.1 Å². The fourth-order valence-corrected chi connectivity index (χ4v) is 4.96. The van der Waals surface area contributed by atoms with Gasteiger partial charge in [-0.15, -0.1) is 0 Å². The first kappa shape index (κ1) is 17.3. The van der Waals surface area contributed by atoms with E-state index in [2.05, 4.69) is 0 Å². The van der Waals surface area contributed by atoms with Crippen LogP contribution in [0, 0.1) is 0 Å². The van der Waals surface area contributed by atoms with Crippen LogP contribution in [0.4, 0.5) is 0 Å². The Bertz CT molecular complexity index is 884. The molecule has 0 spiro atoms. The van der Waals surface area contributed by atoms with Crippen LogP contribution in [-0.2, 0) is 21.2 Å². The molecule has 2 atom stereocenters.